The van der Waals surface area contributed by atoms with E-state index in [2.05, 4.69) is 5.16 Å². The summed E-state index contributed by atoms with van der Waals surface area (Å²) < 4.78 is 0. The summed E-state index contributed by atoms with van der Waals surface area (Å²) in [6.45, 7) is 3.71. The largest absolute Gasteiger partial charge is 0.411 e. The second-order valence-electron chi connectivity index (χ2n) is 1.61. The van der Waals surface area contributed by atoms with E-state index >= 15 is 0 Å². The summed E-state index contributed by atoms with van der Waals surface area (Å²) in [4.78, 5) is 0. The van der Waals surface area contributed by atoms with Crippen molar-refractivity contribution in [2.45, 2.75) is 20.3 Å². The van der Waals surface area contributed by atoms with Gasteiger partial charge in [-0.2, -0.15) is 0 Å². The van der Waals surface area contributed by atoms with E-state index in [1.807, 2.05) is 19.1 Å². The molecule has 0 aromatic heterocycles. The zero-order chi connectivity index (χ0) is 6.41. The van der Waals surface area contributed by atoms with Crippen LogP contribution in [0.4, 0.5) is 0 Å². The van der Waals surface area contributed by atoms with Gasteiger partial charge in [0.05, 0.1) is 5.71 Å². The van der Waals surface area contributed by atoms with Crippen LogP contribution in [0, 0.1) is 0 Å². The molecule has 0 aromatic rings. The van der Waals surface area contributed by atoms with Crippen LogP contribution in [0.5, 0.6) is 0 Å². The molecule has 0 radical (unpaired) electrons. The summed E-state index contributed by atoms with van der Waals surface area (Å²) in [7, 11) is 0. The quantitative estimate of drug-likeness (QED) is 0.252. The fourth-order valence-corrected chi connectivity index (χ4v) is 0.329. The molecular weight excluding hydrogens is 102 g/mol. The lowest BCUT2D eigenvalue weighted by molar-refractivity contribution is 0.318. The van der Waals surface area contributed by atoms with E-state index in [0.29, 0.717) is 0 Å². The number of hydrogen-bond acceptors (Lipinski definition) is 2. The van der Waals surface area contributed by atoms with Crippen molar-refractivity contribution in [3.05, 3.63) is 12.2 Å². The highest BCUT2D eigenvalue weighted by Crippen LogP contribution is 1.85. The van der Waals surface area contributed by atoms with E-state index in [1.54, 1.807) is 6.92 Å². The maximum Gasteiger partial charge on any atom is 0.0577 e. The predicted octanol–water partition coefficient (Wildman–Crippen LogP) is 1.80. The summed E-state index contributed by atoms with van der Waals surface area (Å²) >= 11 is 0. The third-order valence-electron chi connectivity index (χ3n) is 0.820. The fraction of sp³-hybridized carbons (Fsp3) is 0.500. The van der Waals surface area contributed by atoms with Crippen molar-refractivity contribution in [1.82, 2.24) is 0 Å². The average molecular weight is 113 g/mol. The highest BCUT2D eigenvalue weighted by atomic mass is 16.4. The molecule has 0 atom stereocenters. The maximum absolute atomic E-state index is 8.12. The normalized spacial score (nSPS) is 13.0. The summed E-state index contributed by atoms with van der Waals surface area (Å²) in [5, 5.41) is 11.1. The van der Waals surface area contributed by atoms with E-state index in [-0.39, 0.29) is 0 Å². The molecule has 8 heavy (non-hydrogen) atoms. The Morgan fingerprint density at radius 1 is 1.75 bits per heavy atom. The number of hydrogen-bond donors (Lipinski definition) is 1. The Labute approximate surface area is 49.5 Å². The lowest BCUT2D eigenvalue weighted by atomic mass is 10.3. The van der Waals surface area contributed by atoms with Gasteiger partial charge in [-0.25, -0.2) is 0 Å². The average Bonchev–Trinajstić information content (AvgIpc) is 1.83. The zero-order valence-corrected chi connectivity index (χ0v) is 5.26. The molecule has 0 amide bonds. The minimum absolute atomic E-state index is 0.739. The second kappa shape index (κ2) is 4.37. The van der Waals surface area contributed by atoms with Gasteiger partial charge in [-0.15, -0.1) is 0 Å². The fourth-order valence-electron chi connectivity index (χ4n) is 0.329. The van der Waals surface area contributed by atoms with Gasteiger partial charge in [-0.1, -0.05) is 17.3 Å². The van der Waals surface area contributed by atoms with Crippen molar-refractivity contribution in [3.63, 3.8) is 0 Å². The first-order valence-corrected chi connectivity index (χ1v) is 2.60. The van der Waals surface area contributed by atoms with Crippen LogP contribution >= 0.6 is 0 Å². The molecule has 0 unspecified atom stereocenters. The molecule has 0 aliphatic heterocycles. The topological polar surface area (TPSA) is 32.6 Å². The lowest BCUT2D eigenvalue weighted by Gasteiger charge is -1.85. The van der Waals surface area contributed by atoms with E-state index in [4.69, 9.17) is 5.21 Å². The van der Waals surface area contributed by atoms with E-state index in [1.165, 1.54) is 0 Å². The van der Waals surface area contributed by atoms with Gasteiger partial charge in [0.25, 0.3) is 0 Å². The Bertz CT molecular complexity index is 105. The Hall–Kier alpha value is -0.790. The van der Waals surface area contributed by atoms with Crippen LogP contribution in [0.2, 0.25) is 0 Å². The summed E-state index contributed by atoms with van der Waals surface area (Å²) in [6, 6.07) is 0. The number of allylic oxidation sites excluding steroid dienone is 2. The van der Waals surface area contributed by atoms with Crippen molar-refractivity contribution in [2.75, 3.05) is 0 Å². The van der Waals surface area contributed by atoms with E-state index in [9.17, 15) is 0 Å². The maximum atomic E-state index is 8.12. The first-order chi connectivity index (χ1) is 3.81. The van der Waals surface area contributed by atoms with Crippen molar-refractivity contribution < 1.29 is 5.21 Å². The Morgan fingerprint density at radius 2 is 2.38 bits per heavy atom. The van der Waals surface area contributed by atoms with Crippen LogP contribution in [0.25, 0.3) is 0 Å². The minimum Gasteiger partial charge on any atom is -0.411 e. The molecule has 0 fully saturated rings. The van der Waals surface area contributed by atoms with Gasteiger partial charge in [-0.05, 0) is 13.8 Å². The van der Waals surface area contributed by atoms with Crippen LogP contribution in [0.3, 0.4) is 0 Å². The Kier molecular flexibility index (Phi) is 3.94. The van der Waals surface area contributed by atoms with Crippen LogP contribution in [-0.4, -0.2) is 10.9 Å². The molecule has 46 valence electrons. The van der Waals surface area contributed by atoms with Gasteiger partial charge in [-0.3, -0.25) is 0 Å². The van der Waals surface area contributed by atoms with Crippen molar-refractivity contribution in [1.29, 1.82) is 0 Å². The molecule has 0 aliphatic carbocycles. The highest BCUT2D eigenvalue weighted by Gasteiger charge is 1.82. The van der Waals surface area contributed by atoms with Crippen LogP contribution in [0.1, 0.15) is 20.3 Å². The Balaban J connectivity index is 3.40. The van der Waals surface area contributed by atoms with Crippen LogP contribution in [0.15, 0.2) is 17.3 Å². The molecule has 2 nitrogen and oxygen atoms in total. The zero-order valence-electron chi connectivity index (χ0n) is 5.26. The first kappa shape index (κ1) is 7.21. The monoisotopic (exact) mass is 113 g/mol. The van der Waals surface area contributed by atoms with Crippen LogP contribution in [-0.2, 0) is 0 Å². The molecule has 0 aromatic carbocycles. The van der Waals surface area contributed by atoms with E-state index in [0.717, 1.165) is 12.1 Å². The Morgan fingerprint density at radius 3 is 2.75 bits per heavy atom. The third-order valence-corrected chi connectivity index (χ3v) is 0.820. The molecule has 1 N–H and O–H groups in total. The number of rotatable bonds is 2. The van der Waals surface area contributed by atoms with Gasteiger partial charge < -0.3 is 5.21 Å². The minimum atomic E-state index is 0.739. The van der Waals surface area contributed by atoms with Gasteiger partial charge in [0, 0.05) is 6.42 Å². The standard InChI is InChI=1S/C6H11NO/c1-3-4-5-6(2)7-8/h3-4,8H,5H2,1-2H3. The summed E-state index contributed by atoms with van der Waals surface area (Å²) in [6.07, 6.45) is 4.61. The van der Waals surface area contributed by atoms with Gasteiger partial charge in [0.1, 0.15) is 0 Å². The third kappa shape index (κ3) is 3.40. The van der Waals surface area contributed by atoms with Crippen molar-refractivity contribution >= 4 is 5.71 Å². The molecule has 0 saturated carbocycles. The molecule has 0 spiro atoms. The van der Waals surface area contributed by atoms with Crippen LogP contribution < -0.4 is 0 Å². The molecule has 0 aliphatic rings. The predicted molar refractivity (Wildman–Crippen MR) is 34.3 cm³/mol. The van der Waals surface area contributed by atoms with Gasteiger partial charge in [0.15, 0.2) is 0 Å². The van der Waals surface area contributed by atoms with Gasteiger partial charge >= 0.3 is 0 Å². The molecule has 0 bridgehead atoms. The lowest BCUT2D eigenvalue weighted by Crippen LogP contribution is -1.85. The molecular formula is C6H11NO. The highest BCUT2D eigenvalue weighted by molar-refractivity contribution is 5.82. The first-order valence-electron chi connectivity index (χ1n) is 2.60. The number of oxime groups is 1. The molecule has 2 heteroatoms. The SMILES string of the molecule is CC=CCC(C)=NO. The number of nitrogens with zero attached hydrogens (tertiary/aromatic N) is 1. The molecule has 0 saturated heterocycles. The van der Waals surface area contributed by atoms with Crippen molar-refractivity contribution in [2.24, 2.45) is 5.16 Å². The molecule has 0 rings (SSSR count). The van der Waals surface area contributed by atoms with E-state index < -0.39 is 0 Å². The smallest absolute Gasteiger partial charge is 0.0577 e. The summed E-state index contributed by atoms with van der Waals surface area (Å²) in [5.74, 6) is 0. The second-order valence-corrected chi connectivity index (χ2v) is 1.61. The molecule has 0 heterocycles. The summed E-state index contributed by atoms with van der Waals surface area (Å²) in [5.41, 5.74) is 0.739. The van der Waals surface area contributed by atoms with Gasteiger partial charge in [0.2, 0.25) is 0 Å². The van der Waals surface area contributed by atoms with Crippen molar-refractivity contribution in [3.8, 4) is 0 Å².